The van der Waals surface area contributed by atoms with Crippen LogP contribution in [0, 0.1) is 5.82 Å². The van der Waals surface area contributed by atoms with E-state index in [1.54, 1.807) is 0 Å². The lowest BCUT2D eigenvalue weighted by Crippen LogP contribution is -2.45. The highest BCUT2D eigenvalue weighted by molar-refractivity contribution is 7.92. The highest BCUT2D eigenvalue weighted by Gasteiger charge is 2.33. The van der Waals surface area contributed by atoms with Crippen LogP contribution in [-0.4, -0.2) is 31.8 Å². The molecule has 0 amide bonds. The Balaban J connectivity index is 1.94. The number of nitrogens with zero attached hydrogens (tertiary/aromatic N) is 1. The molecule has 1 unspecified atom stereocenters. The molecule has 0 spiro atoms. The van der Waals surface area contributed by atoms with Gasteiger partial charge in [-0.25, -0.2) is 12.8 Å². The smallest absolute Gasteiger partial charge is 0.194 e. The van der Waals surface area contributed by atoms with Crippen LogP contribution in [0.15, 0.2) is 59.5 Å². The molecule has 1 aliphatic rings. The first-order valence-electron chi connectivity index (χ1n) is 8.35. The molecule has 1 fully saturated rings. The van der Waals surface area contributed by atoms with Crippen molar-refractivity contribution in [2.75, 3.05) is 13.1 Å². The second kappa shape index (κ2) is 7.45. The van der Waals surface area contributed by atoms with Gasteiger partial charge >= 0.3 is 0 Å². The van der Waals surface area contributed by atoms with Crippen molar-refractivity contribution in [1.29, 1.82) is 0 Å². The lowest BCUT2D eigenvalue weighted by atomic mass is 10.1. The average molecular weight is 347 g/mol. The van der Waals surface area contributed by atoms with E-state index in [0.717, 1.165) is 37.9 Å². The minimum Gasteiger partial charge on any atom is -0.287 e. The third-order valence-corrected chi connectivity index (χ3v) is 6.66. The molecule has 0 saturated carbocycles. The number of piperidine rings is 1. The lowest BCUT2D eigenvalue weighted by molar-refractivity contribution is 0.205. The Morgan fingerprint density at radius 1 is 0.917 bits per heavy atom. The Hall–Kier alpha value is -1.72. The molecular formula is C19H22FNO2S. The fourth-order valence-corrected chi connectivity index (χ4v) is 5.08. The summed E-state index contributed by atoms with van der Waals surface area (Å²) in [6.07, 6.45) is 3.63. The number of rotatable bonds is 5. The SMILES string of the molecule is O=S(=O)(c1ccc(F)cc1)C(Cc1ccccc1)N1CCCCC1. The average Bonchev–Trinajstić information content (AvgIpc) is 2.61. The minimum absolute atomic E-state index is 0.190. The molecule has 2 aromatic rings. The van der Waals surface area contributed by atoms with Crippen molar-refractivity contribution in [2.45, 2.75) is 36.0 Å². The Morgan fingerprint density at radius 3 is 2.17 bits per heavy atom. The van der Waals surface area contributed by atoms with Gasteiger partial charge in [-0.05, 0) is 55.8 Å². The largest absolute Gasteiger partial charge is 0.287 e. The first-order valence-corrected chi connectivity index (χ1v) is 9.89. The monoisotopic (exact) mass is 347 g/mol. The van der Waals surface area contributed by atoms with Gasteiger partial charge in [0.2, 0.25) is 0 Å². The zero-order valence-corrected chi connectivity index (χ0v) is 14.4. The van der Waals surface area contributed by atoms with Crippen LogP contribution in [0.2, 0.25) is 0 Å². The van der Waals surface area contributed by atoms with E-state index in [0.29, 0.717) is 6.42 Å². The minimum atomic E-state index is -3.56. The first kappa shape index (κ1) is 17.1. The molecule has 1 atom stereocenters. The molecule has 24 heavy (non-hydrogen) atoms. The molecule has 1 heterocycles. The summed E-state index contributed by atoms with van der Waals surface area (Å²) in [7, 11) is -3.56. The van der Waals surface area contributed by atoms with E-state index in [4.69, 9.17) is 0 Å². The molecule has 1 aliphatic heterocycles. The molecule has 2 aromatic carbocycles. The van der Waals surface area contributed by atoms with Gasteiger partial charge in [-0.15, -0.1) is 0 Å². The van der Waals surface area contributed by atoms with E-state index in [-0.39, 0.29) is 4.90 Å². The molecule has 3 rings (SSSR count). The van der Waals surface area contributed by atoms with Gasteiger partial charge in [-0.1, -0.05) is 36.8 Å². The maximum atomic E-state index is 13.2. The summed E-state index contributed by atoms with van der Waals surface area (Å²) < 4.78 is 39.5. The summed E-state index contributed by atoms with van der Waals surface area (Å²) in [5.74, 6) is -0.425. The van der Waals surface area contributed by atoms with Crippen molar-refractivity contribution in [3.63, 3.8) is 0 Å². The molecule has 0 aromatic heterocycles. The van der Waals surface area contributed by atoms with E-state index in [2.05, 4.69) is 4.90 Å². The van der Waals surface area contributed by atoms with E-state index in [1.165, 1.54) is 24.3 Å². The Labute approximate surface area is 143 Å². The van der Waals surface area contributed by atoms with Crippen LogP contribution in [0.4, 0.5) is 4.39 Å². The van der Waals surface area contributed by atoms with E-state index in [1.807, 2.05) is 30.3 Å². The fourth-order valence-electron chi connectivity index (χ4n) is 3.24. The maximum Gasteiger partial charge on any atom is 0.194 e. The summed E-state index contributed by atoms with van der Waals surface area (Å²) in [6.45, 7) is 1.58. The van der Waals surface area contributed by atoms with Gasteiger partial charge in [0.1, 0.15) is 11.2 Å². The quantitative estimate of drug-likeness (QED) is 0.775. The lowest BCUT2D eigenvalue weighted by Gasteiger charge is -2.34. The molecule has 0 N–H and O–H groups in total. The Morgan fingerprint density at radius 2 is 1.54 bits per heavy atom. The Kier molecular flexibility index (Phi) is 5.31. The van der Waals surface area contributed by atoms with Crippen molar-refractivity contribution >= 4 is 9.84 Å². The van der Waals surface area contributed by atoms with Gasteiger partial charge in [0, 0.05) is 6.42 Å². The number of halogens is 1. The van der Waals surface area contributed by atoms with Gasteiger partial charge in [0.15, 0.2) is 9.84 Å². The summed E-state index contributed by atoms with van der Waals surface area (Å²) in [4.78, 5) is 2.25. The fraction of sp³-hybridized carbons (Fsp3) is 0.368. The summed E-state index contributed by atoms with van der Waals surface area (Å²) in [5.41, 5.74) is 0.999. The van der Waals surface area contributed by atoms with Gasteiger partial charge in [0.25, 0.3) is 0 Å². The van der Waals surface area contributed by atoms with Crippen LogP contribution in [0.3, 0.4) is 0 Å². The summed E-state index contributed by atoms with van der Waals surface area (Å²) in [6, 6.07) is 14.8. The van der Waals surface area contributed by atoms with E-state index >= 15 is 0 Å². The Bertz CT molecular complexity index is 754. The predicted octanol–water partition coefficient (Wildman–Crippen LogP) is 3.65. The first-order chi connectivity index (χ1) is 11.6. The zero-order valence-electron chi connectivity index (χ0n) is 13.6. The second-order valence-electron chi connectivity index (χ2n) is 6.24. The van der Waals surface area contributed by atoms with Crippen LogP contribution in [0.25, 0.3) is 0 Å². The molecule has 1 saturated heterocycles. The van der Waals surface area contributed by atoms with Crippen LogP contribution in [-0.2, 0) is 16.3 Å². The standard InChI is InChI=1S/C19H22FNO2S/c20-17-9-11-18(12-10-17)24(22,23)19(21-13-5-2-6-14-21)15-16-7-3-1-4-8-16/h1,3-4,7-12,19H,2,5-6,13-15H2. The predicted molar refractivity (Wildman–Crippen MR) is 92.9 cm³/mol. The number of hydrogen-bond donors (Lipinski definition) is 0. The van der Waals surface area contributed by atoms with Crippen molar-refractivity contribution in [1.82, 2.24) is 4.90 Å². The van der Waals surface area contributed by atoms with Gasteiger partial charge in [-0.2, -0.15) is 0 Å². The maximum absolute atomic E-state index is 13.2. The van der Waals surface area contributed by atoms with Crippen molar-refractivity contribution < 1.29 is 12.8 Å². The summed E-state index contributed by atoms with van der Waals surface area (Å²) >= 11 is 0. The molecule has 5 heteroatoms. The highest BCUT2D eigenvalue weighted by Crippen LogP contribution is 2.25. The third-order valence-electron chi connectivity index (χ3n) is 4.55. The zero-order chi connectivity index (χ0) is 17.0. The second-order valence-corrected chi connectivity index (χ2v) is 8.35. The van der Waals surface area contributed by atoms with Gasteiger partial charge < -0.3 is 0 Å². The molecular weight excluding hydrogens is 325 g/mol. The van der Waals surface area contributed by atoms with Crippen LogP contribution < -0.4 is 0 Å². The van der Waals surface area contributed by atoms with Crippen LogP contribution in [0.1, 0.15) is 24.8 Å². The van der Waals surface area contributed by atoms with Gasteiger partial charge in [-0.3, -0.25) is 4.90 Å². The van der Waals surface area contributed by atoms with Crippen molar-refractivity contribution in [3.05, 3.63) is 66.0 Å². The number of likely N-dealkylation sites (tertiary alicyclic amines) is 1. The molecule has 128 valence electrons. The van der Waals surface area contributed by atoms with Crippen LogP contribution >= 0.6 is 0 Å². The molecule has 0 bridgehead atoms. The number of hydrogen-bond acceptors (Lipinski definition) is 3. The van der Waals surface area contributed by atoms with Crippen LogP contribution in [0.5, 0.6) is 0 Å². The van der Waals surface area contributed by atoms with Crippen molar-refractivity contribution in [2.24, 2.45) is 0 Å². The highest BCUT2D eigenvalue weighted by atomic mass is 32.2. The van der Waals surface area contributed by atoms with Crippen molar-refractivity contribution in [3.8, 4) is 0 Å². The van der Waals surface area contributed by atoms with E-state index in [9.17, 15) is 12.8 Å². The molecule has 0 aliphatic carbocycles. The summed E-state index contributed by atoms with van der Waals surface area (Å²) in [5, 5.41) is -0.606. The molecule has 0 radical (unpaired) electrons. The molecule has 3 nitrogen and oxygen atoms in total. The van der Waals surface area contributed by atoms with E-state index < -0.39 is 21.0 Å². The number of benzene rings is 2. The normalized spacial score (nSPS) is 17.5. The third kappa shape index (κ3) is 3.84. The van der Waals surface area contributed by atoms with Gasteiger partial charge in [0.05, 0.1) is 4.90 Å². The number of sulfone groups is 1. The topological polar surface area (TPSA) is 37.4 Å².